The molecule has 0 spiro atoms. The van der Waals surface area contributed by atoms with E-state index in [-0.39, 0.29) is 0 Å². The van der Waals surface area contributed by atoms with Crippen molar-refractivity contribution in [2.75, 3.05) is 12.3 Å². The molecule has 94 valence electrons. The fourth-order valence-electron chi connectivity index (χ4n) is 1.83. The second-order valence-electron chi connectivity index (χ2n) is 3.93. The summed E-state index contributed by atoms with van der Waals surface area (Å²) in [4.78, 5) is 11.6. The van der Waals surface area contributed by atoms with Crippen LogP contribution >= 0.6 is 0 Å². The first-order chi connectivity index (χ1) is 8.04. The molecule has 0 saturated carbocycles. The Morgan fingerprint density at radius 3 is 2.65 bits per heavy atom. The van der Waals surface area contributed by atoms with Gasteiger partial charge in [-0.25, -0.2) is 0 Å². The summed E-state index contributed by atoms with van der Waals surface area (Å²) in [5, 5.41) is 28.2. The number of rotatable bonds is 2. The number of nitrogens with two attached hydrogens (primary N) is 1. The van der Waals surface area contributed by atoms with Crippen molar-refractivity contribution in [3.05, 3.63) is 28.7 Å². The summed E-state index contributed by atoms with van der Waals surface area (Å²) in [5.74, 6) is 0. The average Bonchev–Trinajstić information content (AvgIpc) is 2.57. The van der Waals surface area contributed by atoms with Crippen molar-refractivity contribution < 1.29 is 20.1 Å². The smallest absolute Gasteiger partial charge is 0.254 e. The third kappa shape index (κ3) is 2.05. The lowest BCUT2D eigenvalue weighted by atomic mass is 10.1. The topological polar surface area (TPSA) is 118 Å². The molecule has 0 aliphatic carbocycles. The lowest BCUT2D eigenvalue weighted by Crippen LogP contribution is -2.35. The van der Waals surface area contributed by atoms with Crippen LogP contribution in [0, 0.1) is 0 Å². The van der Waals surface area contributed by atoms with Crippen molar-refractivity contribution in [3.8, 4) is 0 Å². The van der Waals surface area contributed by atoms with E-state index in [1.54, 1.807) is 0 Å². The quantitative estimate of drug-likeness (QED) is 0.478. The summed E-state index contributed by atoms with van der Waals surface area (Å²) >= 11 is 0. The fraction of sp³-hybridized carbons (Fsp3) is 0.500. The first-order valence-electron chi connectivity index (χ1n) is 5.14. The third-order valence-corrected chi connectivity index (χ3v) is 2.76. The maximum atomic E-state index is 11.6. The molecule has 5 N–H and O–H groups in total. The number of nitrogens with zero attached hydrogens (tertiary/aromatic N) is 1. The summed E-state index contributed by atoms with van der Waals surface area (Å²) in [6.07, 6.45) is -3.05. The van der Waals surface area contributed by atoms with Gasteiger partial charge in [0.2, 0.25) is 0 Å². The van der Waals surface area contributed by atoms with Crippen molar-refractivity contribution in [1.82, 2.24) is 4.57 Å². The second-order valence-corrected chi connectivity index (χ2v) is 3.93. The number of aromatic nitrogens is 1. The normalized spacial score (nSPS) is 32.9. The molecule has 0 unspecified atom stereocenters. The molecule has 0 radical (unpaired) electrons. The van der Waals surface area contributed by atoms with Crippen molar-refractivity contribution in [1.29, 1.82) is 0 Å². The van der Waals surface area contributed by atoms with Crippen molar-refractivity contribution >= 4 is 5.69 Å². The van der Waals surface area contributed by atoms with E-state index in [1.165, 1.54) is 18.3 Å². The highest BCUT2D eigenvalue weighted by molar-refractivity contribution is 5.34. The van der Waals surface area contributed by atoms with Crippen LogP contribution in [-0.4, -0.2) is 44.8 Å². The highest BCUT2D eigenvalue weighted by Gasteiger charge is 2.43. The minimum atomic E-state index is -1.27. The molecule has 2 heterocycles. The number of anilines is 1. The Labute approximate surface area is 96.7 Å². The van der Waals surface area contributed by atoms with Gasteiger partial charge >= 0.3 is 0 Å². The SMILES string of the molecule is Nc1ccn([C@@H]2O[C@@H](CO)[C@@H](O)[C@H]2O)c(=O)c1. The number of hydrogen-bond donors (Lipinski definition) is 4. The Balaban J connectivity index is 2.32. The van der Waals surface area contributed by atoms with Gasteiger partial charge in [0.1, 0.15) is 18.3 Å². The van der Waals surface area contributed by atoms with Gasteiger partial charge in [0.05, 0.1) is 6.61 Å². The number of aliphatic hydroxyl groups excluding tert-OH is 3. The van der Waals surface area contributed by atoms with Gasteiger partial charge in [-0.05, 0) is 6.07 Å². The molecular formula is C10H14N2O5. The number of pyridine rings is 1. The van der Waals surface area contributed by atoms with Crippen LogP contribution in [0.3, 0.4) is 0 Å². The fourth-order valence-corrected chi connectivity index (χ4v) is 1.83. The summed E-state index contributed by atoms with van der Waals surface area (Å²) in [6, 6.07) is 2.67. The molecule has 7 heteroatoms. The molecule has 0 bridgehead atoms. The molecule has 1 aliphatic rings. The Bertz CT molecular complexity index is 460. The van der Waals surface area contributed by atoms with Crippen LogP contribution in [0.1, 0.15) is 6.23 Å². The van der Waals surface area contributed by atoms with E-state index in [0.29, 0.717) is 5.69 Å². The van der Waals surface area contributed by atoms with E-state index >= 15 is 0 Å². The highest BCUT2D eigenvalue weighted by Crippen LogP contribution is 2.28. The van der Waals surface area contributed by atoms with Gasteiger partial charge in [-0.2, -0.15) is 0 Å². The van der Waals surface area contributed by atoms with Crippen LogP contribution in [0.2, 0.25) is 0 Å². The van der Waals surface area contributed by atoms with Crippen LogP contribution in [0.25, 0.3) is 0 Å². The van der Waals surface area contributed by atoms with E-state index in [1.807, 2.05) is 0 Å². The molecule has 7 nitrogen and oxygen atoms in total. The van der Waals surface area contributed by atoms with E-state index < -0.39 is 36.7 Å². The van der Waals surface area contributed by atoms with Crippen LogP contribution in [0.5, 0.6) is 0 Å². The Morgan fingerprint density at radius 1 is 1.41 bits per heavy atom. The van der Waals surface area contributed by atoms with Crippen LogP contribution < -0.4 is 11.3 Å². The van der Waals surface area contributed by atoms with Gasteiger partial charge in [0, 0.05) is 18.0 Å². The van der Waals surface area contributed by atoms with Crippen LogP contribution in [0.4, 0.5) is 5.69 Å². The van der Waals surface area contributed by atoms with Crippen molar-refractivity contribution in [2.24, 2.45) is 0 Å². The summed E-state index contributed by atoms with van der Waals surface area (Å²) in [6.45, 7) is -0.432. The second kappa shape index (κ2) is 4.46. The number of hydrogen-bond acceptors (Lipinski definition) is 6. The minimum absolute atomic E-state index is 0.304. The summed E-state index contributed by atoms with van der Waals surface area (Å²) in [7, 11) is 0. The number of nitrogen functional groups attached to an aromatic ring is 1. The molecule has 17 heavy (non-hydrogen) atoms. The zero-order valence-corrected chi connectivity index (χ0v) is 8.93. The minimum Gasteiger partial charge on any atom is -0.399 e. The Kier molecular flexibility index (Phi) is 3.16. The first-order valence-corrected chi connectivity index (χ1v) is 5.14. The predicted molar refractivity (Wildman–Crippen MR) is 58.1 cm³/mol. The van der Waals surface area contributed by atoms with Crippen molar-refractivity contribution in [2.45, 2.75) is 24.5 Å². The maximum Gasteiger partial charge on any atom is 0.254 e. The Morgan fingerprint density at radius 2 is 2.12 bits per heavy atom. The summed E-state index contributed by atoms with van der Waals surface area (Å²) < 4.78 is 6.34. The molecule has 1 aromatic rings. The van der Waals surface area contributed by atoms with Gasteiger partial charge in [-0.1, -0.05) is 0 Å². The molecule has 2 rings (SSSR count). The summed E-state index contributed by atoms with van der Waals surface area (Å²) in [5.41, 5.74) is 5.29. The highest BCUT2D eigenvalue weighted by atomic mass is 16.6. The molecule has 1 fully saturated rings. The largest absolute Gasteiger partial charge is 0.399 e. The lowest BCUT2D eigenvalue weighted by molar-refractivity contribution is -0.0543. The zero-order valence-electron chi connectivity index (χ0n) is 8.93. The molecule has 1 aliphatic heterocycles. The molecule has 0 aromatic carbocycles. The molecule has 0 amide bonds. The first kappa shape index (κ1) is 12.1. The van der Waals surface area contributed by atoms with E-state index in [4.69, 9.17) is 15.6 Å². The Hall–Kier alpha value is -1.41. The molecule has 1 aromatic heterocycles. The third-order valence-electron chi connectivity index (χ3n) is 2.76. The van der Waals surface area contributed by atoms with E-state index in [9.17, 15) is 15.0 Å². The zero-order chi connectivity index (χ0) is 12.6. The number of ether oxygens (including phenoxy) is 1. The standard InChI is InChI=1S/C10H14N2O5/c11-5-1-2-12(7(14)3-5)10-9(16)8(15)6(4-13)17-10/h1-3,6,8-10,13,15-16H,4,11H2/t6-,8+,9+,10+/m0/s1. The van der Waals surface area contributed by atoms with Gasteiger partial charge < -0.3 is 25.8 Å². The molecule has 4 atom stereocenters. The van der Waals surface area contributed by atoms with Gasteiger partial charge in [0.25, 0.3) is 5.56 Å². The molecular weight excluding hydrogens is 228 g/mol. The van der Waals surface area contributed by atoms with Gasteiger partial charge in [-0.3, -0.25) is 9.36 Å². The maximum absolute atomic E-state index is 11.6. The lowest BCUT2D eigenvalue weighted by Gasteiger charge is -2.17. The number of aliphatic hydroxyl groups is 3. The average molecular weight is 242 g/mol. The van der Waals surface area contributed by atoms with Gasteiger partial charge in [-0.15, -0.1) is 0 Å². The van der Waals surface area contributed by atoms with E-state index in [0.717, 1.165) is 4.57 Å². The van der Waals surface area contributed by atoms with Crippen LogP contribution in [0.15, 0.2) is 23.1 Å². The predicted octanol–water partition coefficient (Wildman–Crippen LogP) is -1.96. The monoisotopic (exact) mass is 242 g/mol. The van der Waals surface area contributed by atoms with Crippen LogP contribution in [-0.2, 0) is 4.74 Å². The van der Waals surface area contributed by atoms with Gasteiger partial charge in [0.15, 0.2) is 6.23 Å². The molecule has 1 saturated heterocycles. The van der Waals surface area contributed by atoms with E-state index in [2.05, 4.69) is 0 Å². The van der Waals surface area contributed by atoms with Crippen molar-refractivity contribution in [3.63, 3.8) is 0 Å².